The van der Waals surface area contributed by atoms with Crippen molar-refractivity contribution in [3.8, 4) is 5.69 Å². The van der Waals surface area contributed by atoms with Gasteiger partial charge in [-0.2, -0.15) is 0 Å². The molecule has 0 aliphatic carbocycles. The summed E-state index contributed by atoms with van der Waals surface area (Å²) in [6, 6.07) is 59.3. The van der Waals surface area contributed by atoms with Crippen LogP contribution < -0.4 is 0 Å². The predicted octanol–water partition coefficient (Wildman–Crippen LogP) is 15.0. The minimum Gasteiger partial charge on any atom is -0.355 e. The summed E-state index contributed by atoms with van der Waals surface area (Å²) in [7, 11) is 0. The van der Waals surface area contributed by atoms with E-state index in [0.29, 0.717) is 0 Å². The number of aromatic amines is 1. The lowest BCUT2D eigenvalue weighted by molar-refractivity contribution is 1.20. The summed E-state index contributed by atoms with van der Waals surface area (Å²) in [5, 5.41) is 10.2. The molecule has 2 heterocycles. The van der Waals surface area contributed by atoms with Crippen LogP contribution in [-0.4, -0.2) is 9.55 Å². The second-order valence-corrected chi connectivity index (χ2v) is 14.3. The van der Waals surface area contributed by atoms with E-state index in [1.165, 1.54) is 70.8 Å². The number of rotatable bonds is 1. The first-order chi connectivity index (χ1) is 24.1. The first-order valence-electron chi connectivity index (χ1n) is 16.0. The van der Waals surface area contributed by atoms with Gasteiger partial charge in [0.25, 0.3) is 0 Å². The molecule has 0 spiro atoms. The third kappa shape index (κ3) is 6.26. The van der Waals surface area contributed by atoms with Gasteiger partial charge in [-0.25, -0.2) is 0 Å². The van der Waals surface area contributed by atoms with Gasteiger partial charge < -0.3 is 9.55 Å². The Morgan fingerprint density at radius 3 is 1.10 bits per heavy atom. The van der Waals surface area contributed by atoms with E-state index in [-0.39, 0.29) is 7.43 Å². The van der Waals surface area contributed by atoms with Crippen molar-refractivity contribution in [2.45, 2.75) is 7.43 Å². The van der Waals surface area contributed by atoms with Crippen LogP contribution in [-0.2, 0) is 0 Å². The lowest BCUT2D eigenvalue weighted by atomic mass is 10.1. The molecule has 8 aromatic carbocycles. The fourth-order valence-electron chi connectivity index (χ4n) is 6.65. The SMILES string of the molecule is Brc1ccc(-n2c3ccccc3c3ccccc32)c2ccccc12.Brc1ccc(Br)c2ccccc12.C.c1ccc2c(c1)[nH]c1ccccc12. The molecule has 0 saturated carbocycles. The van der Waals surface area contributed by atoms with Gasteiger partial charge >= 0.3 is 0 Å². The third-order valence-electron chi connectivity index (χ3n) is 8.90. The molecule has 244 valence electrons. The Kier molecular flexibility index (Phi) is 9.91. The third-order valence-corrected chi connectivity index (χ3v) is 11.0. The first-order valence-corrected chi connectivity index (χ1v) is 18.4. The summed E-state index contributed by atoms with van der Waals surface area (Å²) in [5.74, 6) is 0. The fraction of sp³-hybridized carbons (Fsp3) is 0.0222. The van der Waals surface area contributed by atoms with E-state index in [1.807, 2.05) is 24.3 Å². The molecular formula is C45H33Br3N2. The highest BCUT2D eigenvalue weighted by Gasteiger charge is 2.14. The van der Waals surface area contributed by atoms with E-state index in [2.05, 4.69) is 203 Å². The maximum atomic E-state index is 3.68. The van der Waals surface area contributed by atoms with Gasteiger partial charge in [-0.1, -0.05) is 177 Å². The zero-order valence-electron chi connectivity index (χ0n) is 26.2. The van der Waals surface area contributed by atoms with Crippen molar-refractivity contribution in [3.05, 3.63) is 183 Å². The largest absolute Gasteiger partial charge is 0.355 e. The Morgan fingerprint density at radius 2 is 0.640 bits per heavy atom. The monoisotopic (exact) mass is 838 g/mol. The van der Waals surface area contributed by atoms with Gasteiger partial charge in [-0.05, 0) is 64.7 Å². The maximum Gasteiger partial charge on any atom is 0.0541 e. The van der Waals surface area contributed by atoms with Gasteiger partial charge in [0.05, 0.1) is 16.7 Å². The van der Waals surface area contributed by atoms with Crippen molar-refractivity contribution in [1.82, 2.24) is 9.55 Å². The lowest BCUT2D eigenvalue weighted by Gasteiger charge is -2.12. The van der Waals surface area contributed by atoms with Crippen LogP contribution in [0, 0.1) is 0 Å². The van der Waals surface area contributed by atoms with Gasteiger partial charge in [0.15, 0.2) is 0 Å². The minimum atomic E-state index is 0. The number of fused-ring (bicyclic) bond motifs is 8. The molecule has 5 heteroatoms. The van der Waals surface area contributed by atoms with Crippen molar-refractivity contribution in [3.63, 3.8) is 0 Å². The molecule has 0 radical (unpaired) electrons. The molecular weight excluding hydrogens is 808 g/mol. The fourth-order valence-corrected chi connectivity index (χ4v) is 8.08. The highest BCUT2D eigenvalue weighted by atomic mass is 79.9. The molecule has 2 nitrogen and oxygen atoms in total. The van der Waals surface area contributed by atoms with Crippen LogP contribution in [0.3, 0.4) is 0 Å². The Labute approximate surface area is 316 Å². The van der Waals surface area contributed by atoms with E-state index in [0.717, 1.165) is 13.4 Å². The molecule has 2 aromatic heterocycles. The van der Waals surface area contributed by atoms with Crippen molar-refractivity contribution < 1.29 is 0 Å². The zero-order valence-corrected chi connectivity index (χ0v) is 31.0. The van der Waals surface area contributed by atoms with Crippen molar-refractivity contribution >= 4 is 113 Å². The summed E-state index contributed by atoms with van der Waals surface area (Å²) in [6.07, 6.45) is 0. The summed E-state index contributed by atoms with van der Waals surface area (Å²) in [5.41, 5.74) is 6.12. The molecule has 50 heavy (non-hydrogen) atoms. The summed E-state index contributed by atoms with van der Waals surface area (Å²) in [4.78, 5) is 3.38. The van der Waals surface area contributed by atoms with Crippen LogP contribution in [0.25, 0.3) is 70.8 Å². The van der Waals surface area contributed by atoms with E-state index >= 15 is 0 Å². The van der Waals surface area contributed by atoms with Crippen molar-refractivity contribution in [2.75, 3.05) is 0 Å². The van der Waals surface area contributed by atoms with Gasteiger partial charge in [-0.3, -0.25) is 0 Å². The van der Waals surface area contributed by atoms with Gasteiger partial charge in [0.2, 0.25) is 0 Å². The maximum absolute atomic E-state index is 3.68. The summed E-state index contributed by atoms with van der Waals surface area (Å²) in [6.45, 7) is 0. The standard InChI is InChI=1S/C22H14BrN.C12H9N.C10H6Br2.CH4/c23-19-13-14-22(16-8-2-1-7-15(16)19)24-20-11-5-3-9-17(20)18-10-4-6-12-21(18)24;1-3-7-11-9(5-1)10-6-2-4-8-12(10)13-11;11-9-5-6-10(12)8-4-2-1-3-7(8)9;/h1-14H;1-8,13H;1-6H;1H4. The van der Waals surface area contributed by atoms with Gasteiger partial charge in [0.1, 0.15) is 0 Å². The van der Waals surface area contributed by atoms with E-state index in [4.69, 9.17) is 0 Å². The number of aromatic nitrogens is 2. The molecule has 0 atom stereocenters. The van der Waals surface area contributed by atoms with E-state index < -0.39 is 0 Å². The van der Waals surface area contributed by atoms with Gasteiger partial charge in [0, 0.05) is 51.4 Å². The molecule has 1 N–H and O–H groups in total. The molecule has 10 aromatic rings. The number of hydrogen-bond acceptors (Lipinski definition) is 0. The minimum absolute atomic E-state index is 0. The predicted molar refractivity (Wildman–Crippen MR) is 228 cm³/mol. The Bertz CT molecular complexity index is 2630. The average molecular weight is 841 g/mol. The van der Waals surface area contributed by atoms with Gasteiger partial charge in [-0.15, -0.1) is 0 Å². The topological polar surface area (TPSA) is 20.7 Å². The van der Waals surface area contributed by atoms with Crippen molar-refractivity contribution in [1.29, 1.82) is 0 Å². The molecule has 0 unspecified atom stereocenters. The number of nitrogens with one attached hydrogen (secondary N) is 1. The molecule has 0 aliphatic heterocycles. The number of hydrogen-bond donors (Lipinski definition) is 1. The van der Waals surface area contributed by atoms with Crippen LogP contribution in [0.15, 0.2) is 183 Å². The number of benzene rings is 8. The van der Waals surface area contributed by atoms with Crippen LogP contribution in [0.2, 0.25) is 0 Å². The molecule has 0 fully saturated rings. The number of nitrogens with zero attached hydrogens (tertiary/aromatic N) is 1. The van der Waals surface area contributed by atoms with E-state index in [1.54, 1.807) is 0 Å². The number of H-pyrrole nitrogens is 1. The van der Waals surface area contributed by atoms with Crippen LogP contribution >= 0.6 is 47.8 Å². The zero-order chi connectivity index (χ0) is 33.3. The molecule has 10 rings (SSSR count). The summed E-state index contributed by atoms with van der Waals surface area (Å²) < 4.78 is 5.78. The lowest BCUT2D eigenvalue weighted by Crippen LogP contribution is -1.95. The van der Waals surface area contributed by atoms with Crippen LogP contribution in [0.1, 0.15) is 7.43 Å². The second-order valence-electron chi connectivity index (χ2n) is 11.8. The van der Waals surface area contributed by atoms with E-state index in [9.17, 15) is 0 Å². The molecule has 0 amide bonds. The smallest absolute Gasteiger partial charge is 0.0541 e. The quantitative estimate of drug-likeness (QED) is 0.170. The molecule has 0 aliphatic rings. The highest BCUT2D eigenvalue weighted by Crippen LogP contribution is 2.36. The first kappa shape index (κ1) is 33.8. The Hall–Kier alpha value is -4.68. The Balaban J connectivity index is 0.000000128. The van der Waals surface area contributed by atoms with Crippen molar-refractivity contribution in [2.24, 2.45) is 0 Å². The summed E-state index contributed by atoms with van der Waals surface area (Å²) >= 11 is 10.7. The second kappa shape index (κ2) is 14.7. The molecule has 0 saturated heterocycles. The highest BCUT2D eigenvalue weighted by molar-refractivity contribution is 9.11. The Morgan fingerprint density at radius 1 is 0.320 bits per heavy atom. The normalized spacial score (nSPS) is 10.9. The van der Waals surface area contributed by atoms with Crippen LogP contribution in [0.4, 0.5) is 0 Å². The number of para-hydroxylation sites is 4. The molecule has 0 bridgehead atoms. The average Bonchev–Trinajstić information content (AvgIpc) is 3.70. The van der Waals surface area contributed by atoms with Crippen LogP contribution in [0.5, 0.6) is 0 Å². The number of halogens is 3.